The lowest BCUT2D eigenvalue weighted by Crippen LogP contribution is -1.84. The molecule has 0 aliphatic heterocycles. The first-order valence-electron chi connectivity index (χ1n) is 5.30. The third-order valence-electron chi connectivity index (χ3n) is 2.62. The first-order chi connectivity index (χ1) is 9.20. The molecule has 6 heteroatoms. The Morgan fingerprint density at radius 2 is 2.05 bits per heavy atom. The normalized spacial score (nSPS) is 10.6. The number of benzene rings is 1. The second-order valence-corrected chi connectivity index (χ2v) is 5.51. The topological polar surface area (TPSA) is 49.6 Å². The van der Waals surface area contributed by atoms with Gasteiger partial charge in [0.05, 0.1) is 20.8 Å². The third-order valence-corrected chi connectivity index (χ3v) is 4.44. The molecule has 2 aromatic heterocycles. The van der Waals surface area contributed by atoms with E-state index in [2.05, 4.69) is 16.0 Å². The van der Waals surface area contributed by atoms with E-state index in [1.54, 1.807) is 24.4 Å². The van der Waals surface area contributed by atoms with Crippen LogP contribution < -0.4 is 0 Å². The fourth-order valence-electron chi connectivity index (χ4n) is 1.76. The first kappa shape index (κ1) is 12.4. The average Bonchev–Trinajstić information content (AvgIpc) is 2.84. The van der Waals surface area contributed by atoms with Crippen LogP contribution in [0.5, 0.6) is 0 Å². The van der Waals surface area contributed by atoms with Crippen LogP contribution >= 0.6 is 34.5 Å². The molecule has 0 bridgehead atoms. The van der Waals surface area contributed by atoms with Crippen LogP contribution in [0.25, 0.3) is 20.8 Å². The number of pyridine rings is 1. The molecule has 0 amide bonds. The van der Waals surface area contributed by atoms with Crippen LogP contribution in [-0.2, 0) is 0 Å². The summed E-state index contributed by atoms with van der Waals surface area (Å²) >= 11 is 13.5. The van der Waals surface area contributed by atoms with Gasteiger partial charge in [-0.2, -0.15) is 5.26 Å². The van der Waals surface area contributed by atoms with Crippen LogP contribution in [0.15, 0.2) is 30.5 Å². The van der Waals surface area contributed by atoms with Crippen molar-refractivity contribution in [1.82, 2.24) is 9.97 Å². The lowest BCUT2D eigenvalue weighted by molar-refractivity contribution is 1.35. The maximum atomic E-state index is 9.19. The van der Waals surface area contributed by atoms with E-state index in [4.69, 9.17) is 23.2 Å². The van der Waals surface area contributed by atoms with Crippen LogP contribution in [0.1, 0.15) is 5.56 Å². The number of fused-ring (bicyclic) bond motifs is 1. The number of nitriles is 1. The third kappa shape index (κ3) is 2.06. The predicted octanol–water partition coefficient (Wildman–Crippen LogP) is 4.54. The lowest BCUT2D eigenvalue weighted by Gasteiger charge is -2.00. The zero-order valence-corrected chi connectivity index (χ0v) is 11.7. The Kier molecular flexibility index (Phi) is 3.11. The highest BCUT2D eigenvalue weighted by molar-refractivity contribution is 7.22. The summed E-state index contributed by atoms with van der Waals surface area (Å²) in [6, 6.07) is 9.20. The summed E-state index contributed by atoms with van der Waals surface area (Å²) in [4.78, 5) is 8.50. The van der Waals surface area contributed by atoms with Crippen LogP contribution in [0.4, 0.5) is 0 Å². The van der Waals surface area contributed by atoms with Gasteiger partial charge in [0, 0.05) is 11.8 Å². The van der Waals surface area contributed by atoms with Gasteiger partial charge < -0.3 is 0 Å². The maximum absolute atomic E-state index is 9.19. The highest BCUT2D eigenvalue weighted by Gasteiger charge is 2.14. The van der Waals surface area contributed by atoms with Crippen molar-refractivity contribution in [3.8, 4) is 16.6 Å². The van der Waals surface area contributed by atoms with E-state index in [-0.39, 0.29) is 0 Å². The number of thiazole rings is 1. The number of hydrogen-bond acceptors (Lipinski definition) is 4. The smallest absolute Gasteiger partial charge is 0.148 e. The Morgan fingerprint density at radius 3 is 2.79 bits per heavy atom. The minimum Gasteiger partial charge on any atom is -0.243 e. The summed E-state index contributed by atoms with van der Waals surface area (Å²) in [5.41, 5.74) is 1.91. The van der Waals surface area contributed by atoms with Gasteiger partial charge in [-0.3, -0.25) is 0 Å². The van der Waals surface area contributed by atoms with Crippen molar-refractivity contribution in [1.29, 1.82) is 5.26 Å². The molecule has 92 valence electrons. The quantitative estimate of drug-likeness (QED) is 0.620. The van der Waals surface area contributed by atoms with Gasteiger partial charge in [0.25, 0.3) is 0 Å². The van der Waals surface area contributed by atoms with Gasteiger partial charge in [-0.15, -0.1) is 11.3 Å². The number of rotatable bonds is 1. The number of nitrogens with zero attached hydrogens (tertiary/aromatic N) is 3. The number of aromatic nitrogens is 2. The molecule has 0 radical (unpaired) electrons. The van der Waals surface area contributed by atoms with Crippen molar-refractivity contribution < 1.29 is 0 Å². The van der Waals surface area contributed by atoms with Gasteiger partial charge in [-0.05, 0) is 12.1 Å². The summed E-state index contributed by atoms with van der Waals surface area (Å²) in [6.07, 6.45) is 1.61. The maximum Gasteiger partial charge on any atom is 0.148 e. The Bertz CT molecular complexity index is 820. The molecule has 3 nitrogen and oxygen atoms in total. The van der Waals surface area contributed by atoms with Gasteiger partial charge in [-0.25, -0.2) is 9.97 Å². The standard InChI is InChI=1S/C13H5Cl2N3S/c14-9-3-1-2-7(8(9)6-16)13-18-10-4-5-17-12(15)11(10)19-13/h1-5H. The Labute approximate surface area is 123 Å². The van der Waals surface area contributed by atoms with Crippen LogP contribution in [0.2, 0.25) is 10.2 Å². The Hall–Kier alpha value is -1.67. The van der Waals surface area contributed by atoms with Crippen molar-refractivity contribution >= 4 is 44.8 Å². The molecular formula is C13H5Cl2N3S. The van der Waals surface area contributed by atoms with Crippen LogP contribution in [0.3, 0.4) is 0 Å². The highest BCUT2D eigenvalue weighted by Crippen LogP contribution is 2.36. The van der Waals surface area contributed by atoms with E-state index in [0.717, 1.165) is 10.2 Å². The minimum atomic E-state index is 0.418. The first-order valence-corrected chi connectivity index (χ1v) is 6.88. The molecule has 0 unspecified atom stereocenters. The van der Waals surface area contributed by atoms with Crippen LogP contribution in [-0.4, -0.2) is 9.97 Å². The zero-order chi connectivity index (χ0) is 13.4. The van der Waals surface area contributed by atoms with E-state index in [1.165, 1.54) is 11.3 Å². The van der Waals surface area contributed by atoms with E-state index in [1.807, 2.05) is 6.07 Å². The van der Waals surface area contributed by atoms with E-state index < -0.39 is 0 Å². The average molecular weight is 306 g/mol. The summed E-state index contributed by atoms with van der Waals surface area (Å²) in [5, 5.41) is 10.7. The van der Waals surface area contributed by atoms with Gasteiger partial charge in [0.2, 0.25) is 0 Å². The van der Waals surface area contributed by atoms with Crippen molar-refractivity contribution in [2.75, 3.05) is 0 Å². The van der Waals surface area contributed by atoms with Gasteiger partial charge in [0.1, 0.15) is 16.2 Å². The molecule has 0 spiro atoms. The molecule has 0 aliphatic carbocycles. The van der Waals surface area contributed by atoms with E-state index in [0.29, 0.717) is 26.3 Å². The number of halogens is 2. The lowest BCUT2D eigenvalue weighted by atomic mass is 10.1. The molecule has 0 fully saturated rings. The van der Waals surface area contributed by atoms with Gasteiger partial charge in [0.15, 0.2) is 0 Å². The fraction of sp³-hybridized carbons (Fsp3) is 0. The fourth-order valence-corrected chi connectivity index (χ4v) is 3.21. The molecule has 19 heavy (non-hydrogen) atoms. The zero-order valence-electron chi connectivity index (χ0n) is 9.39. The summed E-state index contributed by atoms with van der Waals surface area (Å²) in [6.45, 7) is 0. The molecule has 0 atom stereocenters. The van der Waals surface area contributed by atoms with Gasteiger partial charge >= 0.3 is 0 Å². The molecule has 2 heterocycles. The molecule has 0 saturated carbocycles. The molecule has 0 N–H and O–H groups in total. The van der Waals surface area contributed by atoms with E-state index in [9.17, 15) is 5.26 Å². The van der Waals surface area contributed by atoms with Crippen molar-refractivity contribution in [3.05, 3.63) is 46.2 Å². The molecule has 1 aromatic carbocycles. The summed E-state index contributed by atoms with van der Waals surface area (Å²) < 4.78 is 0.808. The highest BCUT2D eigenvalue weighted by atomic mass is 35.5. The summed E-state index contributed by atoms with van der Waals surface area (Å²) in [5.74, 6) is 0. The van der Waals surface area contributed by atoms with Crippen LogP contribution in [0, 0.1) is 11.3 Å². The predicted molar refractivity (Wildman–Crippen MR) is 77.6 cm³/mol. The Morgan fingerprint density at radius 1 is 1.21 bits per heavy atom. The molecular weight excluding hydrogens is 301 g/mol. The monoisotopic (exact) mass is 305 g/mol. The van der Waals surface area contributed by atoms with E-state index >= 15 is 0 Å². The van der Waals surface area contributed by atoms with Crippen molar-refractivity contribution in [2.24, 2.45) is 0 Å². The second kappa shape index (κ2) is 4.78. The van der Waals surface area contributed by atoms with Crippen molar-refractivity contribution in [3.63, 3.8) is 0 Å². The second-order valence-electron chi connectivity index (χ2n) is 3.74. The summed E-state index contributed by atoms with van der Waals surface area (Å²) in [7, 11) is 0. The van der Waals surface area contributed by atoms with Gasteiger partial charge in [-0.1, -0.05) is 35.3 Å². The molecule has 3 rings (SSSR count). The minimum absolute atomic E-state index is 0.418. The molecule has 0 saturated heterocycles. The molecule has 0 aliphatic rings. The molecule has 3 aromatic rings. The number of hydrogen-bond donors (Lipinski definition) is 0. The van der Waals surface area contributed by atoms with Crippen molar-refractivity contribution in [2.45, 2.75) is 0 Å². The largest absolute Gasteiger partial charge is 0.243 e. The SMILES string of the molecule is N#Cc1c(Cl)cccc1-c1nc2ccnc(Cl)c2s1. The Balaban J connectivity index is 2.29.